The molecule has 2 fully saturated rings. The lowest BCUT2D eigenvalue weighted by Gasteiger charge is -2.35. The molecule has 0 radical (unpaired) electrons. The van der Waals surface area contributed by atoms with Crippen molar-refractivity contribution in [1.29, 1.82) is 0 Å². The third-order valence-corrected chi connectivity index (χ3v) is 5.12. The second-order valence-electron chi connectivity index (χ2n) is 6.84. The van der Waals surface area contributed by atoms with Crippen molar-refractivity contribution in [3.63, 3.8) is 0 Å². The third kappa shape index (κ3) is 3.63. The Morgan fingerprint density at radius 3 is 2.69 bits per heavy atom. The highest BCUT2D eigenvalue weighted by molar-refractivity contribution is 5.46. The minimum atomic E-state index is 0.368. The number of hydrogen-bond donors (Lipinski definition) is 1. The lowest BCUT2D eigenvalue weighted by Crippen LogP contribution is -2.46. The molecule has 2 aromatic heterocycles. The van der Waals surface area contributed by atoms with Crippen molar-refractivity contribution in [1.82, 2.24) is 25.2 Å². The predicted molar refractivity (Wildman–Crippen MR) is 96.3 cm³/mol. The summed E-state index contributed by atoms with van der Waals surface area (Å²) < 4.78 is 10.3. The Kier molecular flexibility index (Phi) is 4.98. The number of nitrogens with one attached hydrogen (secondary N) is 1. The van der Waals surface area contributed by atoms with Crippen molar-refractivity contribution in [2.75, 3.05) is 56.7 Å². The van der Waals surface area contributed by atoms with Gasteiger partial charge >= 0.3 is 0 Å². The first-order valence-electron chi connectivity index (χ1n) is 9.12. The van der Waals surface area contributed by atoms with E-state index >= 15 is 0 Å². The largest absolute Gasteiger partial charge is 0.381 e. The fourth-order valence-corrected chi connectivity index (χ4v) is 3.44. The minimum absolute atomic E-state index is 0.368. The molecule has 2 saturated heterocycles. The van der Waals surface area contributed by atoms with E-state index in [1.54, 1.807) is 0 Å². The van der Waals surface area contributed by atoms with E-state index in [2.05, 4.69) is 41.5 Å². The average molecular weight is 359 g/mol. The van der Waals surface area contributed by atoms with Gasteiger partial charge in [-0.15, -0.1) is 0 Å². The fourth-order valence-electron chi connectivity index (χ4n) is 3.44. The molecule has 0 spiro atoms. The molecule has 140 valence electrons. The molecule has 0 aliphatic carbocycles. The maximum Gasteiger partial charge on any atom is 0.224 e. The standard InChI is InChI=1S/C17H25N7O2/c1-12-15(22-26-21-12)10-23-4-6-24(7-5-23)16-9-14(13-3-8-25-11-13)19-17(18-2)20-16/h9,13H,3-8,10-11H2,1-2H3,(H,18,19,20)/t13-/m0/s1. The predicted octanol–water partition coefficient (Wildman–Crippen LogP) is 1.04. The number of nitrogens with zero attached hydrogens (tertiary/aromatic N) is 6. The number of piperazine rings is 1. The summed E-state index contributed by atoms with van der Waals surface area (Å²) in [5.41, 5.74) is 2.86. The Morgan fingerprint density at radius 2 is 2.04 bits per heavy atom. The summed E-state index contributed by atoms with van der Waals surface area (Å²) in [6.07, 6.45) is 1.03. The molecule has 2 aliphatic rings. The Balaban J connectivity index is 1.43. The van der Waals surface area contributed by atoms with Crippen LogP contribution in [-0.2, 0) is 11.3 Å². The van der Waals surface area contributed by atoms with Crippen LogP contribution >= 0.6 is 0 Å². The molecular formula is C17H25N7O2. The highest BCUT2D eigenvalue weighted by Gasteiger charge is 2.24. The first-order chi connectivity index (χ1) is 12.7. The van der Waals surface area contributed by atoms with Gasteiger partial charge in [0.05, 0.1) is 12.3 Å². The zero-order chi connectivity index (χ0) is 17.9. The van der Waals surface area contributed by atoms with E-state index in [4.69, 9.17) is 9.37 Å². The zero-order valence-corrected chi connectivity index (χ0v) is 15.3. The molecule has 4 rings (SSSR count). The molecule has 2 aliphatic heterocycles. The van der Waals surface area contributed by atoms with Gasteiger partial charge in [-0.3, -0.25) is 4.90 Å². The molecule has 9 heteroatoms. The number of aromatic nitrogens is 4. The summed E-state index contributed by atoms with van der Waals surface area (Å²) in [5.74, 6) is 2.04. The van der Waals surface area contributed by atoms with E-state index in [0.717, 1.165) is 75.3 Å². The summed E-state index contributed by atoms with van der Waals surface area (Å²) in [6, 6.07) is 2.13. The van der Waals surface area contributed by atoms with E-state index in [9.17, 15) is 0 Å². The van der Waals surface area contributed by atoms with Crippen LogP contribution in [0.25, 0.3) is 0 Å². The topological polar surface area (TPSA) is 92.4 Å². The van der Waals surface area contributed by atoms with Crippen molar-refractivity contribution in [3.05, 3.63) is 23.1 Å². The Labute approximate surface area is 152 Å². The van der Waals surface area contributed by atoms with Crippen LogP contribution in [0.5, 0.6) is 0 Å². The van der Waals surface area contributed by atoms with E-state index in [1.807, 2.05) is 14.0 Å². The third-order valence-electron chi connectivity index (χ3n) is 5.12. The Morgan fingerprint density at radius 1 is 1.19 bits per heavy atom. The maximum atomic E-state index is 5.52. The van der Waals surface area contributed by atoms with Crippen molar-refractivity contribution in [2.24, 2.45) is 0 Å². The summed E-state index contributed by atoms with van der Waals surface area (Å²) in [5, 5.41) is 10.9. The number of rotatable bonds is 5. The second-order valence-corrected chi connectivity index (χ2v) is 6.84. The second kappa shape index (κ2) is 7.55. The quantitative estimate of drug-likeness (QED) is 0.840. The Hall–Kier alpha value is -2.26. The average Bonchev–Trinajstić information content (AvgIpc) is 3.34. The van der Waals surface area contributed by atoms with Gasteiger partial charge in [-0.05, 0) is 13.3 Å². The van der Waals surface area contributed by atoms with Crippen molar-refractivity contribution in [2.45, 2.75) is 25.8 Å². The minimum Gasteiger partial charge on any atom is -0.381 e. The van der Waals surface area contributed by atoms with Gasteiger partial charge in [0.2, 0.25) is 5.95 Å². The fraction of sp³-hybridized carbons (Fsp3) is 0.647. The summed E-state index contributed by atoms with van der Waals surface area (Å²) in [7, 11) is 1.86. The van der Waals surface area contributed by atoms with Gasteiger partial charge in [-0.25, -0.2) is 9.61 Å². The van der Waals surface area contributed by atoms with Crippen molar-refractivity contribution in [3.8, 4) is 0 Å². The van der Waals surface area contributed by atoms with Crippen LogP contribution in [0.4, 0.5) is 11.8 Å². The van der Waals surface area contributed by atoms with Gasteiger partial charge in [0, 0.05) is 58.4 Å². The van der Waals surface area contributed by atoms with E-state index in [1.165, 1.54) is 0 Å². The molecule has 4 heterocycles. The molecule has 0 bridgehead atoms. The summed E-state index contributed by atoms with van der Waals surface area (Å²) >= 11 is 0. The monoisotopic (exact) mass is 359 g/mol. The van der Waals surface area contributed by atoms with Gasteiger partial charge in [0.25, 0.3) is 0 Å². The van der Waals surface area contributed by atoms with Crippen LogP contribution in [-0.4, -0.2) is 71.6 Å². The molecule has 0 aromatic carbocycles. The maximum absolute atomic E-state index is 5.52. The van der Waals surface area contributed by atoms with E-state index < -0.39 is 0 Å². The van der Waals surface area contributed by atoms with Crippen LogP contribution < -0.4 is 10.2 Å². The number of hydrogen-bond acceptors (Lipinski definition) is 9. The van der Waals surface area contributed by atoms with Gasteiger partial charge in [0.15, 0.2) is 0 Å². The molecule has 9 nitrogen and oxygen atoms in total. The molecular weight excluding hydrogens is 334 g/mol. The van der Waals surface area contributed by atoms with Crippen LogP contribution in [0.2, 0.25) is 0 Å². The molecule has 2 aromatic rings. The molecule has 1 atom stereocenters. The molecule has 1 N–H and O–H groups in total. The number of ether oxygens (including phenoxy) is 1. The lowest BCUT2D eigenvalue weighted by molar-refractivity contribution is 0.193. The molecule has 0 amide bonds. The van der Waals surface area contributed by atoms with Crippen LogP contribution in [0.3, 0.4) is 0 Å². The first-order valence-corrected chi connectivity index (χ1v) is 9.12. The van der Waals surface area contributed by atoms with Gasteiger partial charge in [-0.2, -0.15) is 4.98 Å². The molecule has 26 heavy (non-hydrogen) atoms. The zero-order valence-electron chi connectivity index (χ0n) is 15.3. The molecule has 0 saturated carbocycles. The normalized spacial score (nSPS) is 21.3. The highest BCUT2D eigenvalue weighted by atomic mass is 16.6. The summed E-state index contributed by atoms with van der Waals surface area (Å²) in [4.78, 5) is 14.0. The van der Waals surface area contributed by atoms with Gasteiger partial charge in [0.1, 0.15) is 17.2 Å². The number of anilines is 2. The lowest BCUT2D eigenvalue weighted by atomic mass is 10.0. The SMILES string of the molecule is CNc1nc([C@H]2CCOC2)cc(N2CCN(Cc3nonc3C)CC2)n1. The van der Waals surface area contributed by atoms with Gasteiger partial charge < -0.3 is 15.0 Å². The van der Waals surface area contributed by atoms with Crippen molar-refractivity contribution < 1.29 is 9.37 Å². The van der Waals surface area contributed by atoms with Crippen LogP contribution in [0.15, 0.2) is 10.7 Å². The van der Waals surface area contributed by atoms with E-state index in [-0.39, 0.29) is 0 Å². The van der Waals surface area contributed by atoms with Crippen molar-refractivity contribution >= 4 is 11.8 Å². The van der Waals surface area contributed by atoms with Crippen LogP contribution in [0.1, 0.15) is 29.4 Å². The highest BCUT2D eigenvalue weighted by Crippen LogP contribution is 2.27. The summed E-state index contributed by atoms with van der Waals surface area (Å²) in [6.45, 7) is 8.01. The van der Waals surface area contributed by atoms with Crippen LogP contribution in [0, 0.1) is 6.92 Å². The number of aryl methyl sites for hydroxylation is 1. The first kappa shape index (κ1) is 17.2. The Bertz CT molecular complexity index is 736. The molecule has 0 unspecified atom stereocenters. The smallest absolute Gasteiger partial charge is 0.224 e. The van der Waals surface area contributed by atoms with E-state index in [0.29, 0.717) is 11.9 Å². The van der Waals surface area contributed by atoms with Gasteiger partial charge in [-0.1, -0.05) is 10.3 Å².